The van der Waals surface area contributed by atoms with Crippen LogP contribution in [0.1, 0.15) is 10.5 Å². The summed E-state index contributed by atoms with van der Waals surface area (Å²) >= 11 is 0. The van der Waals surface area contributed by atoms with Gasteiger partial charge in [0.05, 0.1) is 11.2 Å². The first-order chi connectivity index (χ1) is 10.1. The molecule has 1 amide bonds. The van der Waals surface area contributed by atoms with Gasteiger partial charge < -0.3 is 11.1 Å². The average Bonchev–Trinajstić information content (AvgIpc) is 2.80. The number of anilines is 2. The number of carbonyl (C=O) groups excluding carboxylic acids is 1. The number of hydrogen-bond donors (Lipinski definition) is 2. The maximum Gasteiger partial charge on any atom is 0.276 e. The molecule has 106 valence electrons. The van der Waals surface area contributed by atoms with Crippen LogP contribution in [0.3, 0.4) is 0 Å². The van der Waals surface area contributed by atoms with Crippen molar-refractivity contribution >= 4 is 28.2 Å². The molecule has 0 aliphatic carbocycles. The summed E-state index contributed by atoms with van der Waals surface area (Å²) in [5.41, 5.74) is 6.94. The standard InChI is InChI=1S/C15H13FN4O/c1-20-13-5-3-2-4-10(13)14(19-20)15(21)18-12-7-6-9(17)8-11(12)16/h2-8H,17H2,1H3,(H,18,21). The third-order valence-corrected chi connectivity index (χ3v) is 3.21. The Morgan fingerprint density at radius 1 is 1.29 bits per heavy atom. The van der Waals surface area contributed by atoms with Crippen LogP contribution in [0.25, 0.3) is 10.9 Å². The molecule has 0 bridgehead atoms. The summed E-state index contributed by atoms with van der Waals surface area (Å²) in [6.07, 6.45) is 0. The molecular weight excluding hydrogens is 271 g/mol. The minimum absolute atomic E-state index is 0.0731. The number of nitrogens with two attached hydrogens (primary N) is 1. The van der Waals surface area contributed by atoms with Crippen LogP contribution in [0.2, 0.25) is 0 Å². The van der Waals surface area contributed by atoms with Crippen molar-refractivity contribution in [3.05, 3.63) is 54.0 Å². The topological polar surface area (TPSA) is 72.9 Å². The van der Waals surface area contributed by atoms with E-state index in [9.17, 15) is 9.18 Å². The highest BCUT2D eigenvalue weighted by Crippen LogP contribution is 2.21. The lowest BCUT2D eigenvalue weighted by atomic mass is 10.2. The smallest absolute Gasteiger partial charge is 0.276 e. The van der Waals surface area contributed by atoms with E-state index in [0.29, 0.717) is 11.1 Å². The van der Waals surface area contributed by atoms with Gasteiger partial charge in [0.1, 0.15) is 5.82 Å². The van der Waals surface area contributed by atoms with Gasteiger partial charge in [0.15, 0.2) is 5.69 Å². The molecular formula is C15H13FN4O. The normalized spacial score (nSPS) is 10.8. The molecule has 5 nitrogen and oxygen atoms in total. The molecule has 0 spiro atoms. The molecule has 1 heterocycles. The number of para-hydroxylation sites is 1. The monoisotopic (exact) mass is 284 g/mol. The first kappa shape index (κ1) is 13.1. The lowest BCUT2D eigenvalue weighted by Crippen LogP contribution is -2.14. The molecule has 0 fully saturated rings. The molecule has 0 saturated carbocycles. The van der Waals surface area contributed by atoms with Gasteiger partial charge in [-0.15, -0.1) is 0 Å². The maximum atomic E-state index is 13.7. The highest BCUT2D eigenvalue weighted by molar-refractivity contribution is 6.11. The summed E-state index contributed by atoms with van der Waals surface area (Å²) in [4.78, 5) is 12.3. The molecule has 0 aliphatic rings. The molecule has 0 atom stereocenters. The van der Waals surface area contributed by atoms with Crippen LogP contribution in [0.15, 0.2) is 42.5 Å². The zero-order valence-electron chi connectivity index (χ0n) is 11.3. The van der Waals surface area contributed by atoms with E-state index in [2.05, 4.69) is 10.4 Å². The van der Waals surface area contributed by atoms with Gasteiger partial charge in [-0.2, -0.15) is 5.10 Å². The number of benzene rings is 2. The number of aryl methyl sites for hydroxylation is 1. The minimum Gasteiger partial charge on any atom is -0.399 e. The summed E-state index contributed by atoms with van der Waals surface area (Å²) in [6.45, 7) is 0. The number of nitrogen functional groups attached to an aromatic ring is 1. The molecule has 1 aromatic heterocycles. The first-order valence-corrected chi connectivity index (χ1v) is 6.34. The number of nitrogens with zero attached hydrogens (tertiary/aromatic N) is 2. The predicted octanol–water partition coefficient (Wildman–Crippen LogP) is 2.55. The highest BCUT2D eigenvalue weighted by Gasteiger charge is 2.17. The molecule has 3 rings (SSSR count). The van der Waals surface area contributed by atoms with Crippen LogP contribution in [0.4, 0.5) is 15.8 Å². The van der Waals surface area contributed by atoms with Crippen LogP contribution in [-0.2, 0) is 7.05 Å². The number of halogens is 1. The van der Waals surface area contributed by atoms with E-state index in [1.807, 2.05) is 18.2 Å². The van der Waals surface area contributed by atoms with Crippen LogP contribution < -0.4 is 11.1 Å². The molecule has 3 aromatic rings. The molecule has 0 unspecified atom stereocenters. The number of rotatable bonds is 2. The number of nitrogens with one attached hydrogen (secondary N) is 1. The van der Waals surface area contributed by atoms with Gasteiger partial charge in [0.25, 0.3) is 5.91 Å². The van der Waals surface area contributed by atoms with E-state index in [0.717, 1.165) is 11.6 Å². The van der Waals surface area contributed by atoms with E-state index in [1.165, 1.54) is 12.1 Å². The van der Waals surface area contributed by atoms with Crippen LogP contribution in [0, 0.1) is 5.82 Å². The lowest BCUT2D eigenvalue weighted by molar-refractivity contribution is 0.102. The SMILES string of the molecule is Cn1nc(C(=O)Nc2ccc(N)cc2F)c2ccccc21. The number of amides is 1. The zero-order valence-corrected chi connectivity index (χ0v) is 11.3. The van der Waals surface area contributed by atoms with Gasteiger partial charge in [-0.1, -0.05) is 18.2 Å². The summed E-state index contributed by atoms with van der Waals surface area (Å²) in [6, 6.07) is 11.5. The van der Waals surface area contributed by atoms with Crippen molar-refractivity contribution in [3.63, 3.8) is 0 Å². The van der Waals surface area contributed by atoms with E-state index >= 15 is 0 Å². The summed E-state index contributed by atoms with van der Waals surface area (Å²) < 4.78 is 15.3. The van der Waals surface area contributed by atoms with Gasteiger partial charge in [0.2, 0.25) is 0 Å². The van der Waals surface area contributed by atoms with Crippen LogP contribution >= 0.6 is 0 Å². The van der Waals surface area contributed by atoms with Gasteiger partial charge in [0, 0.05) is 18.1 Å². The third-order valence-electron chi connectivity index (χ3n) is 3.21. The number of carbonyl (C=O) groups is 1. The molecule has 0 saturated heterocycles. The molecule has 6 heteroatoms. The highest BCUT2D eigenvalue weighted by atomic mass is 19.1. The second kappa shape index (κ2) is 4.90. The van der Waals surface area contributed by atoms with Crippen molar-refractivity contribution in [1.29, 1.82) is 0 Å². The number of fused-ring (bicyclic) bond motifs is 1. The Morgan fingerprint density at radius 3 is 2.81 bits per heavy atom. The number of hydrogen-bond acceptors (Lipinski definition) is 3. The Labute approximate surface area is 120 Å². The quantitative estimate of drug-likeness (QED) is 0.710. The van der Waals surface area contributed by atoms with E-state index in [4.69, 9.17) is 5.73 Å². The first-order valence-electron chi connectivity index (χ1n) is 6.34. The van der Waals surface area contributed by atoms with Crippen LogP contribution in [-0.4, -0.2) is 15.7 Å². The van der Waals surface area contributed by atoms with Crippen molar-refractivity contribution in [3.8, 4) is 0 Å². The van der Waals surface area contributed by atoms with E-state index in [1.54, 1.807) is 17.8 Å². The van der Waals surface area contributed by atoms with Crippen molar-refractivity contribution in [2.75, 3.05) is 11.1 Å². The van der Waals surface area contributed by atoms with Crippen molar-refractivity contribution in [2.45, 2.75) is 0 Å². The van der Waals surface area contributed by atoms with Gasteiger partial charge in [-0.3, -0.25) is 9.48 Å². The Kier molecular flexibility index (Phi) is 3.06. The van der Waals surface area contributed by atoms with Crippen molar-refractivity contribution in [1.82, 2.24) is 9.78 Å². The van der Waals surface area contributed by atoms with E-state index < -0.39 is 11.7 Å². The molecule has 3 N–H and O–H groups in total. The minimum atomic E-state index is -0.580. The maximum absolute atomic E-state index is 13.7. The Balaban J connectivity index is 1.98. The average molecular weight is 284 g/mol. The number of aromatic nitrogens is 2. The van der Waals surface area contributed by atoms with Crippen LogP contribution in [0.5, 0.6) is 0 Å². The second-order valence-corrected chi connectivity index (χ2v) is 4.68. The fourth-order valence-electron chi connectivity index (χ4n) is 2.20. The Morgan fingerprint density at radius 2 is 2.05 bits per heavy atom. The van der Waals surface area contributed by atoms with Gasteiger partial charge >= 0.3 is 0 Å². The largest absolute Gasteiger partial charge is 0.399 e. The zero-order chi connectivity index (χ0) is 15.0. The fraction of sp³-hybridized carbons (Fsp3) is 0.0667. The predicted molar refractivity (Wildman–Crippen MR) is 79.5 cm³/mol. The lowest BCUT2D eigenvalue weighted by Gasteiger charge is -2.05. The van der Waals surface area contributed by atoms with E-state index in [-0.39, 0.29) is 11.4 Å². The molecule has 21 heavy (non-hydrogen) atoms. The summed E-state index contributed by atoms with van der Waals surface area (Å²) in [5.74, 6) is -1.04. The molecule has 0 radical (unpaired) electrons. The summed E-state index contributed by atoms with van der Waals surface area (Å²) in [7, 11) is 1.75. The second-order valence-electron chi connectivity index (χ2n) is 4.68. The Hall–Kier alpha value is -2.89. The molecule has 2 aromatic carbocycles. The molecule has 0 aliphatic heterocycles. The van der Waals surface area contributed by atoms with Gasteiger partial charge in [-0.25, -0.2) is 4.39 Å². The van der Waals surface area contributed by atoms with Crippen molar-refractivity contribution < 1.29 is 9.18 Å². The summed E-state index contributed by atoms with van der Waals surface area (Å²) in [5, 5.41) is 7.42. The van der Waals surface area contributed by atoms with Gasteiger partial charge in [-0.05, 0) is 24.3 Å². The third kappa shape index (κ3) is 2.31. The fourth-order valence-corrected chi connectivity index (χ4v) is 2.20. The van der Waals surface area contributed by atoms with Crippen molar-refractivity contribution in [2.24, 2.45) is 7.05 Å². The Bertz CT molecular complexity index is 841.